The lowest BCUT2D eigenvalue weighted by Gasteiger charge is -2.05. The summed E-state index contributed by atoms with van der Waals surface area (Å²) in [5, 5.41) is 0. The van der Waals surface area contributed by atoms with Gasteiger partial charge in [0.1, 0.15) is 5.82 Å². The van der Waals surface area contributed by atoms with E-state index in [1.54, 1.807) is 0 Å². The molecule has 2 N–H and O–H groups in total. The molecule has 1 heterocycles. The lowest BCUT2D eigenvalue weighted by molar-refractivity contribution is 0.579. The average Bonchev–Trinajstić information content (AvgIpc) is 2.90. The van der Waals surface area contributed by atoms with Crippen molar-refractivity contribution in [2.75, 3.05) is 0 Å². The molecule has 114 valence electrons. The molecule has 0 aliphatic heterocycles. The molecular weight excluding hydrogens is 298 g/mol. The van der Waals surface area contributed by atoms with Crippen LogP contribution >= 0.6 is 0 Å². The molecule has 6 heteroatoms. The van der Waals surface area contributed by atoms with Gasteiger partial charge in [-0.2, -0.15) is 0 Å². The lowest BCUT2D eigenvalue weighted by atomic mass is 10.2. The molecule has 5 nitrogen and oxygen atoms in total. The highest BCUT2D eigenvalue weighted by molar-refractivity contribution is 7.88. The molecule has 2 aromatic carbocycles. The van der Waals surface area contributed by atoms with Crippen molar-refractivity contribution in [3.63, 3.8) is 0 Å². The summed E-state index contributed by atoms with van der Waals surface area (Å²) in [5.74, 6) is 0.571. The molecule has 0 unspecified atom stereocenters. The molecule has 0 fully saturated rings. The van der Waals surface area contributed by atoms with E-state index in [-0.39, 0.29) is 12.3 Å². The van der Waals surface area contributed by atoms with Gasteiger partial charge in [0.15, 0.2) is 0 Å². The molecular formula is C16H17N3O2S. The molecule has 3 aromatic rings. The predicted octanol–water partition coefficient (Wildman–Crippen LogP) is 2.49. The van der Waals surface area contributed by atoms with Gasteiger partial charge in [-0.25, -0.2) is 18.1 Å². The Kier molecular flexibility index (Phi) is 3.96. The van der Waals surface area contributed by atoms with Crippen molar-refractivity contribution in [3.05, 3.63) is 65.5 Å². The van der Waals surface area contributed by atoms with Crippen molar-refractivity contribution in [1.29, 1.82) is 0 Å². The van der Waals surface area contributed by atoms with E-state index in [0.29, 0.717) is 5.82 Å². The number of hydrogen-bond acceptors (Lipinski definition) is 3. The number of aryl methyl sites for hydroxylation is 1. The Hall–Kier alpha value is -2.18. The second-order valence-corrected chi connectivity index (χ2v) is 7.07. The number of aromatic amines is 1. The van der Waals surface area contributed by atoms with Crippen molar-refractivity contribution in [2.24, 2.45) is 0 Å². The number of nitrogens with one attached hydrogen (secondary N) is 2. The fourth-order valence-corrected chi connectivity index (χ4v) is 3.31. The maximum absolute atomic E-state index is 12.1. The summed E-state index contributed by atoms with van der Waals surface area (Å²) in [6.07, 6.45) is 0. The van der Waals surface area contributed by atoms with Crippen LogP contribution in [0.5, 0.6) is 0 Å². The Morgan fingerprint density at radius 3 is 2.55 bits per heavy atom. The number of nitrogens with zero attached hydrogens (tertiary/aromatic N) is 1. The molecule has 0 bridgehead atoms. The molecule has 0 amide bonds. The smallest absolute Gasteiger partial charge is 0.216 e. The molecule has 3 rings (SSSR count). The van der Waals surface area contributed by atoms with E-state index in [1.165, 1.54) is 0 Å². The molecule has 0 saturated heterocycles. The maximum Gasteiger partial charge on any atom is 0.216 e. The summed E-state index contributed by atoms with van der Waals surface area (Å²) in [4.78, 5) is 7.45. The third-order valence-electron chi connectivity index (χ3n) is 3.38. The van der Waals surface area contributed by atoms with E-state index >= 15 is 0 Å². The second kappa shape index (κ2) is 5.90. The van der Waals surface area contributed by atoms with Gasteiger partial charge in [-0.3, -0.25) is 0 Å². The summed E-state index contributed by atoms with van der Waals surface area (Å²) in [7, 11) is -3.39. The van der Waals surface area contributed by atoms with Crippen LogP contribution in [0, 0.1) is 6.92 Å². The first-order chi connectivity index (χ1) is 10.5. The summed E-state index contributed by atoms with van der Waals surface area (Å²) >= 11 is 0. The molecule has 0 atom stereocenters. The highest BCUT2D eigenvalue weighted by atomic mass is 32.2. The topological polar surface area (TPSA) is 74.8 Å². The van der Waals surface area contributed by atoms with Crippen LogP contribution in [0.4, 0.5) is 0 Å². The zero-order valence-electron chi connectivity index (χ0n) is 12.2. The van der Waals surface area contributed by atoms with Gasteiger partial charge < -0.3 is 4.98 Å². The van der Waals surface area contributed by atoms with E-state index in [9.17, 15) is 8.42 Å². The average molecular weight is 315 g/mol. The molecule has 0 radical (unpaired) electrons. The van der Waals surface area contributed by atoms with Gasteiger partial charge in [0.25, 0.3) is 0 Å². The van der Waals surface area contributed by atoms with Gasteiger partial charge in [-0.15, -0.1) is 0 Å². The Morgan fingerprint density at radius 1 is 1.09 bits per heavy atom. The van der Waals surface area contributed by atoms with Crippen LogP contribution in [0.15, 0.2) is 48.5 Å². The Bertz CT molecular complexity index is 850. The highest BCUT2D eigenvalue weighted by Gasteiger charge is 2.12. The summed E-state index contributed by atoms with van der Waals surface area (Å²) < 4.78 is 26.8. The van der Waals surface area contributed by atoms with Gasteiger partial charge >= 0.3 is 0 Å². The molecule has 0 aliphatic carbocycles. The quantitative estimate of drug-likeness (QED) is 0.759. The van der Waals surface area contributed by atoms with Crippen LogP contribution in [0.1, 0.15) is 17.0 Å². The van der Waals surface area contributed by atoms with Crippen molar-refractivity contribution in [2.45, 2.75) is 19.2 Å². The van der Waals surface area contributed by atoms with Gasteiger partial charge in [0.05, 0.1) is 23.3 Å². The minimum absolute atomic E-state index is 0.0342. The van der Waals surface area contributed by atoms with Crippen LogP contribution in [0.2, 0.25) is 0 Å². The third kappa shape index (κ3) is 3.52. The zero-order valence-corrected chi connectivity index (χ0v) is 13.0. The molecule has 0 spiro atoms. The number of para-hydroxylation sites is 2. The number of hydrogen-bond donors (Lipinski definition) is 2. The van der Waals surface area contributed by atoms with Crippen molar-refractivity contribution < 1.29 is 8.42 Å². The summed E-state index contributed by atoms with van der Waals surface area (Å²) in [6.45, 7) is 2.13. The zero-order chi connectivity index (χ0) is 15.6. The van der Waals surface area contributed by atoms with Crippen LogP contribution in [0.3, 0.4) is 0 Å². The first-order valence-corrected chi connectivity index (χ1v) is 8.63. The molecule has 1 aromatic heterocycles. The van der Waals surface area contributed by atoms with E-state index in [2.05, 4.69) is 14.7 Å². The Labute approximate surface area is 129 Å². The number of fused-ring (bicyclic) bond motifs is 1. The van der Waals surface area contributed by atoms with Gasteiger partial charge in [-0.05, 0) is 24.6 Å². The number of imidazole rings is 1. The van der Waals surface area contributed by atoms with Crippen molar-refractivity contribution >= 4 is 21.1 Å². The first kappa shape index (κ1) is 14.7. The second-order valence-electron chi connectivity index (χ2n) is 5.27. The Morgan fingerprint density at radius 2 is 1.82 bits per heavy atom. The van der Waals surface area contributed by atoms with Crippen molar-refractivity contribution in [1.82, 2.24) is 14.7 Å². The molecule has 0 aliphatic rings. The van der Waals surface area contributed by atoms with Crippen LogP contribution in [-0.4, -0.2) is 18.4 Å². The van der Waals surface area contributed by atoms with Crippen molar-refractivity contribution in [3.8, 4) is 0 Å². The fraction of sp³-hybridized carbons (Fsp3) is 0.188. The molecule has 22 heavy (non-hydrogen) atoms. The van der Waals surface area contributed by atoms with Crippen LogP contribution in [-0.2, 0) is 22.3 Å². The van der Waals surface area contributed by atoms with Gasteiger partial charge in [0.2, 0.25) is 10.0 Å². The van der Waals surface area contributed by atoms with Gasteiger partial charge in [-0.1, -0.05) is 42.0 Å². The van der Waals surface area contributed by atoms with E-state index in [4.69, 9.17) is 0 Å². The number of benzene rings is 2. The van der Waals surface area contributed by atoms with E-state index in [1.807, 2.05) is 55.5 Å². The first-order valence-electron chi connectivity index (χ1n) is 6.98. The number of rotatable bonds is 5. The largest absolute Gasteiger partial charge is 0.341 e. The number of H-pyrrole nitrogens is 1. The van der Waals surface area contributed by atoms with Crippen LogP contribution in [0.25, 0.3) is 11.0 Å². The summed E-state index contributed by atoms with van der Waals surface area (Å²) in [6, 6.07) is 15.1. The third-order valence-corrected chi connectivity index (χ3v) is 4.67. The Balaban J connectivity index is 1.67. The predicted molar refractivity (Wildman–Crippen MR) is 86.7 cm³/mol. The monoisotopic (exact) mass is 315 g/mol. The highest BCUT2D eigenvalue weighted by Crippen LogP contribution is 2.11. The normalized spacial score (nSPS) is 11.9. The maximum atomic E-state index is 12.1. The number of aromatic nitrogens is 2. The standard InChI is InChI=1S/C16H17N3O2S/c1-12-6-8-13(9-7-12)11-22(20,21)17-10-16-18-14-4-2-3-5-15(14)19-16/h2-9,17H,10-11H2,1H3,(H,18,19). The SMILES string of the molecule is Cc1ccc(CS(=O)(=O)NCc2nc3ccccc3[nH]2)cc1. The molecule has 0 saturated carbocycles. The van der Waals surface area contributed by atoms with Crippen LogP contribution < -0.4 is 4.72 Å². The van der Waals surface area contributed by atoms with Gasteiger partial charge in [0, 0.05) is 0 Å². The minimum atomic E-state index is -3.39. The fourth-order valence-electron chi connectivity index (χ4n) is 2.22. The number of sulfonamides is 1. The van der Waals surface area contributed by atoms with E-state index < -0.39 is 10.0 Å². The minimum Gasteiger partial charge on any atom is -0.341 e. The van der Waals surface area contributed by atoms with E-state index in [0.717, 1.165) is 22.2 Å². The summed E-state index contributed by atoms with van der Waals surface area (Å²) in [5.41, 5.74) is 3.60. The lowest BCUT2D eigenvalue weighted by Crippen LogP contribution is -2.25.